The van der Waals surface area contributed by atoms with Crippen LogP contribution >= 0.6 is 0 Å². The quantitative estimate of drug-likeness (QED) is 0.663. The molecule has 0 heteroatoms. The van der Waals surface area contributed by atoms with E-state index in [1.165, 1.54) is 33.4 Å². The van der Waals surface area contributed by atoms with Crippen LogP contribution in [0.2, 0.25) is 0 Å². The normalized spacial score (nSPS) is 21.7. The first-order valence-electron chi connectivity index (χ1n) is 7.67. The van der Waals surface area contributed by atoms with Gasteiger partial charge in [0.1, 0.15) is 0 Å². The van der Waals surface area contributed by atoms with Crippen molar-refractivity contribution in [3.8, 4) is 11.1 Å². The topological polar surface area (TPSA) is 0 Å². The maximum Gasteiger partial charge on any atom is 0.0577 e. The molecule has 2 aliphatic rings. The minimum atomic E-state index is -0.119. The van der Waals surface area contributed by atoms with Crippen LogP contribution in [0.4, 0.5) is 0 Å². The molecule has 0 aromatic heterocycles. The monoisotopic (exact) mass is 282 g/mol. The summed E-state index contributed by atoms with van der Waals surface area (Å²) in [7, 11) is 0. The summed E-state index contributed by atoms with van der Waals surface area (Å²) < 4.78 is 0. The van der Waals surface area contributed by atoms with Crippen LogP contribution in [0.3, 0.4) is 0 Å². The fourth-order valence-electron chi connectivity index (χ4n) is 3.69. The van der Waals surface area contributed by atoms with Crippen molar-refractivity contribution in [3.05, 3.63) is 102 Å². The molecule has 0 amide bonds. The van der Waals surface area contributed by atoms with E-state index in [9.17, 15) is 0 Å². The van der Waals surface area contributed by atoms with E-state index in [1.54, 1.807) is 0 Å². The first-order valence-corrected chi connectivity index (χ1v) is 7.67. The van der Waals surface area contributed by atoms with Crippen LogP contribution in [0.5, 0.6) is 0 Å². The second kappa shape index (κ2) is 4.71. The van der Waals surface area contributed by atoms with E-state index < -0.39 is 0 Å². The lowest BCUT2D eigenvalue weighted by atomic mass is 9.77. The van der Waals surface area contributed by atoms with Crippen molar-refractivity contribution >= 4 is 5.57 Å². The molecular weight excluding hydrogens is 264 g/mol. The predicted molar refractivity (Wildman–Crippen MR) is 94.6 cm³/mol. The molecule has 2 aromatic carbocycles. The van der Waals surface area contributed by atoms with E-state index in [1.807, 2.05) is 6.08 Å². The SMILES string of the molecule is C=CC1=CC=CC12C=C(C)c1ccc(-c3ccccc3)cc12. The third-order valence-electron chi connectivity index (χ3n) is 4.77. The molecule has 0 saturated carbocycles. The number of hydrogen-bond acceptors (Lipinski definition) is 0. The molecule has 1 atom stereocenters. The predicted octanol–water partition coefficient (Wildman–Crippen LogP) is 5.69. The van der Waals surface area contributed by atoms with Crippen molar-refractivity contribution in [1.82, 2.24) is 0 Å². The molecule has 2 aromatic rings. The maximum absolute atomic E-state index is 4.00. The summed E-state index contributed by atoms with van der Waals surface area (Å²) in [6.07, 6.45) is 10.9. The summed E-state index contributed by atoms with van der Waals surface area (Å²) in [6, 6.07) is 17.4. The number of benzene rings is 2. The molecule has 0 heterocycles. The lowest BCUT2D eigenvalue weighted by Gasteiger charge is -2.25. The van der Waals surface area contributed by atoms with Crippen LogP contribution in [0.25, 0.3) is 16.7 Å². The summed E-state index contributed by atoms with van der Waals surface area (Å²) in [4.78, 5) is 0. The van der Waals surface area contributed by atoms with E-state index in [-0.39, 0.29) is 5.41 Å². The highest BCUT2D eigenvalue weighted by Crippen LogP contribution is 2.49. The van der Waals surface area contributed by atoms with Gasteiger partial charge in [-0.3, -0.25) is 0 Å². The number of hydrogen-bond donors (Lipinski definition) is 0. The van der Waals surface area contributed by atoms with E-state index in [0.29, 0.717) is 0 Å². The molecule has 1 spiro atoms. The van der Waals surface area contributed by atoms with Gasteiger partial charge in [0.25, 0.3) is 0 Å². The second-order valence-electron chi connectivity index (χ2n) is 6.01. The zero-order valence-corrected chi connectivity index (χ0v) is 12.7. The Hall–Kier alpha value is -2.60. The van der Waals surface area contributed by atoms with Gasteiger partial charge in [0.2, 0.25) is 0 Å². The number of fused-ring (bicyclic) bond motifs is 2. The fraction of sp³-hybridized carbons (Fsp3) is 0.0909. The van der Waals surface area contributed by atoms with Crippen molar-refractivity contribution in [1.29, 1.82) is 0 Å². The first kappa shape index (κ1) is 13.1. The van der Waals surface area contributed by atoms with Gasteiger partial charge in [-0.2, -0.15) is 0 Å². The molecule has 0 saturated heterocycles. The molecule has 0 aliphatic heterocycles. The Morgan fingerprint density at radius 2 is 1.82 bits per heavy atom. The highest BCUT2D eigenvalue weighted by Gasteiger charge is 2.38. The van der Waals surface area contributed by atoms with Crippen LogP contribution in [-0.4, -0.2) is 0 Å². The summed E-state index contributed by atoms with van der Waals surface area (Å²) >= 11 is 0. The third kappa shape index (κ3) is 1.70. The third-order valence-corrected chi connectivity index (χ3v) is 4.77. The molecule has 4 rings (SSSR count). The van der Waals surface area contributed by atoms with Crippen molar-refractivity contribution in [2.75, 3.05) is 0 Å². The summed E-state index contributed by atoms with van der Waals surface area (Å²) in [5.41, 5.74) is 7.72. The Labute approximate surface area is 131 Å². The van der Waals surface area contributed by atoms with Crippen molar-refractivity contribution in [3.63, 3.8) is 0 Å². The van der Waals surface area contributed by atoms with E-state index >= 15 is 0 Å². The minimum Gasteiger partial charge on any atom is -0.0987 e. The Morgan fingerprint density at radius 3 is 2.59 bits per heavy atom. The van der Waals surface area contributed by atoms with Gasteiger partial charge in [-0.15, -0.1) is 0 Å². The second-order valence-corrected chi connectivity index (χ2v) is 6.01. The van der Waals surface area contributed by atoms with Gasteiger partial charge in [-0.25, -0.2) is 0 Å². The van der Waals surface area contributed by atoms with Crippen molar-refractivity contribution in [2.24, 2.45) is 0 Å². The summed E-state index contributed by atoms with van der Waals surface area (Å²) in [5.74, 6) is 0. The standard InChI is InChI=1S/C22H18/c1-3-19-10-7-13-22(19)15-16(2)20-12-11-18(14-21(20)22)17-8-5-4-6-9-17/h3-15H,1H2,2H3. The lowest BCUT2D eigenvalue weighted by molar-refractivity contribution is 0.849. The van der Waals surface area contributed by atoms with Gasteiger partial charge >= 0.3 is 0 Å². The van der Waals surface area contributed by atoms with Crippen molar-refractivity contribution in [2.45, 2.75) is 12.3 Å². The Bertz CT molecular complexity index is 847. The molecular formula is C22H18. The fourth-order valence-corrected chi connectivity index (χ4v) is 3.69. The Morgan fingerprint density at radius 1 is 1.00 bits per heavy atom. The largest absolute Gasteiger partial charge is 0.0987 e. The van der Waals surface area contributed by atoms with Gasteiger partial charge < -0.3 is 0 Å². The first-order chi connectivity index (χ1) is 10.7. The molecule has 22 heavy (non-hydrogen) atoms. The van der Waals surface area contributed by atoms with E-state index in [4.69, 9.17) is 0 Å². The van der Waals surface area contributed by atoms with Gasteiger partial charge in [0.05, 0.1) is 5.41 Å². The van der Waals surface area contributed by atoms with Gasteiger partial charge in [0.15, 0.2) is 0 Å². The molecule has 0 bridgehead atoms. The zero-order valence-electron chi connectivity index (χ0n) is 12.7. The smallest absolute Gasteiger partial charge is 0.0577 e. The van der Waals surface area contributed by atoms with Crippen molar-refractivity contribution < 1.29 is 0 Å². The Balaban J connectivity index is 1.93. The highest BCUT2D eigenvalue weighted by atomic mass is 14.4. The van der Waals surface area contributed by atoms with Gasteiger partial charge in [0, 0.05) is 0 Å². The average molecular weight is 282 g/mol. The highest BCUT2D eigenvalue weighted by molar-refractivity contribution is 5.83. The minimum absolute atomic E-state index is 0.119. The molecule has 1 unspecified atom stereocenters. The van der Waals surface area contributed by atoms with Crippen LogP contribution < -0.4 is 0 Å². The maximum atomic E-state index is 4.00. The zero-order chi connectivity index (χ0) is 15.2. The summed E-state index contributed by atoms with van der Waals surface area (Å²) in [5, 5.41) is 0. The molecule has 0 N–H and O–H groups in total. The Kier molecular flexibility index (Phi) is 2.80. The van der Waals surface area contributed by atoms with Crippen LogP contribution in [0.1, 0.15) is 18.1 Å². The van der Waals surface area contributed by atoms with Crippen LogP contribution in [0, 0.1) is 0 Å². The molecule has 0 radical (unpaired) electrons. The summed E-state index contributed by atoms with van der Waals surface area (Å²) in [6.45, 7) is 6.20. The van der Waals surface area contributed by atoms with Gasteiger partial charge in [-0.05, 0) is 46.4 Å². The number of rotatable bonds is 2. The average Bonchev–Trinajstić information content (AvgIpc) is 3.10. The van der Waals surface area contributed by atoms with Crippen LogP contribution in [-0.2, 0) is 5.41 Å². The number of allylic oxidation sites excluding steroid dienone is 7. The van der Waals surface area contributed by atoms with E-state index in [0.717, 1.165) is 0 Å². The molecule has 2 aliphatic carbocycles. The molecule has 0 fully saturated rings. The molecule has 0 nitrogen and oxygen atoms in total. The van der Waals surface area contributed by atoms with Crippen LogP contribution in [0.15, 0.2) is 91.1 Å². The van der Waals surface area contributed by atoms with E-state index in [2.05, 4.69) is 86.3 Å². The molecule has 106 valence electrons. The van der Waals surface area contributed by atoms with Gasteiger partial charge in [-0.1, -0.05) is 79.4 Å². The lowest BCUT2D eigenvalue weighted by Crippen LogP contribution is -2.18.